The molecule has 3 aliphatic rings. The van der Waals surface area contributed by atoms with Gasteiger partial charge in [0.05, 0.1) is 25.4 Å². The number of unbranched alkanes of at least 4 members (excludes halogenated alkanes) is 2. The van der Waals surface area contributed by atoms with Crippen LogP contribution in [0.25, 0.3) is 0 Å². The maximum Gasteiger partial charge on any atom is 0.500 e. The molecule has 0 aromatic heterocycles. The molecular weight excluding hydrogens is 508 g/mol. The van der Waals surface area contributed by atoms with Crippen LogP contribution in [0.3, 0.4) is 0 Å². The molecule has 1 saturated carbocycles. The number of hydrogen-bond acceptors (Lipinski definition) is 8. The summed E-state index contributed by atoms with van der Waals surface area (Å²) in [6, 6.07) is 0.915. The van der Waals surface area contributed by atoms with Crippen LogP contribution in [0.2, 0.25) is 11.6 Å². The molecule has 0 aromatic carbocycles. The normalized spacial score (nSPS) is 25.4. The zero-order valence-corrected chi connectivity index (χ0v) is 26.7. The number of rotatable bonds is 21. The largest absolute Gasteiger partial charge is 0.500 e. The van der Waals surface area contributed by atoms with Crippen LogP contribution in [0.15, 0.2) is 0 Å². The molecule has 5 atom stereocenters. The first-order chi connectivity index (χ1) is 18.0. The summed E-state index contributed by atoms with van der Waals surface area (Å²) in [5, 5.41) is 0. The second-order valence-electron chi connectivity index (χ2n) is 10.7. The summed E-state index contributed by atoms with van der Waals surface area (Å²) < 4.78 is 44.6. The molecule has 0 aromatic rings. The molecule has 0 radical (unpaired) electrons. The fourth-order valence-corrected chi connectivity index (χ4v) is 8.71. The molecular formula is C27H56O8Si2. The van der Waals surface area contributed by atoms with E-state index in [2.05, 4.69) is 20.8 Å². The van der Waals surface area contributed by atoms with E-state index in [4.69, 9.17) is 36.3 Å². The molecule has 0 amide bonds. The molecule has 2 saturated heterocycles. The highest BCUT2D eigenvalue weighted by atomic mass is 28.4. The minimum absolute atomic E-state index is 0.374. The van der Waals surface area contributed by atoms with Crippen LogP contribution in [-0.2, 0) is 36.3 Å². The SMILES string of the molecule is CCCCO[SiH](OCCCC)C(C)CCCOCC1CO1.CO[Si](CCC1CCC2OC2C1)(OC)OC. The summed E-state index contributed by atoms with van der Waals surface area (Å²) in [6.07, 6.45) is 13.2. The molecule has 37 heavy (non-hydrogen) atoms. The van der Waals surface area contributed by atoms with E-state index in [0.29, 0.717) is 23.9 Å². The molecule has 0 bridgehead atoms. The Hall–Kier alpha value is 0.114. The van der Waals surface area contributed by atoms with Crippen LogP contribution in [0, 0.1) is 5.92 Å². The molecule has 0 N–H and O–H groups in total. The first-order valence-electron chi connectivity index (χ1n) is 14.7. The van der Waals surface area contributed by atoms with Crippen molar-refractivity contribution in [2.24, 2.45) is 5.92 Å². The molecule has 220 valence electrons. The predicted octanol–water partition coefficient (Wildman–Crippen LogP) is 5.25. The Labute approximate surface area is 229 Å². The van der Waals surface area contributed by atoms with E-state index in [1.807, 2.05) is 0 Å². The second kappa shape index (κ2) is 19.2. The molecule has 3 rings (SSSR count). The summed E-state index contributed by atoms with van der Waals surface area (Å²) >= 11 is 0. The summed E-state index contributed by atoms with van der Waals surface area (Å²) in [6.45, 7) is 10.9. The van der Waals surface area contributed by atoms with Crippen LogP contribution in [0.1, 0.15) is 85.0 Å². The van der Waals surface area contributed by atoms with Gasteiger partial charge in [-0.3, -0.25) is 0 Å². The topological polar surface area (TPSA) is 80.4 Å². The van der Waals surface area contributed by atoms with Crippen LogP contribution < -0.4 is 0 Å². The minimum atomic E-state index is -2.35. The van der Waals surface area contributed by atoms with Crippen molar-refractivity contribution in [2.75, 3.05) is 54.4 Å². The molecule has 8 nitrogen and oxygen atoms in total. The summed E-state index contributed by atoms with van der Waals surface area (Å²) in [5.41, 5.74) is 0.555. The first kappa shape index (κ1) is 33.3. The molecule has 1 aliphatic carbocycles. The van der Waals surface area contributed by atoms with E-state index in [1.165, 1.54) is 32.1 Å². The van der Waals surface area contributed by atoms with E-state index in [9.17, 15) is 0 Å². The van der Waals surface area contributed by atoms with Gasteiger partial charge in [0.15, 0.2) is 0 Å². The van der Waals surface area contributed by atoms with Gasteiger partial charge in [0.1, 0.15) is 6.10 Å². The van der Waals surface area contributed by atoms with Gasteiger partial charge >= 0.3 is 18.1 Å². The van der Waals surface area contributed by atoms with Crippen molar-refractivity contribution in [1.82, 2.24) is 0 Å². The van der Waals surface area contributed by atoms with Crippen molar-refractivity contribution in [1.29, 1.82) is 0 Å². The lowest BCUT2D eigenvalue weighted by Crippen LogP contribution is -2.43. The van der Waals surface area contributed by atoms with Crippen molar-refractivity contribution in [3.05, 3.63) is 0 Å². The highest BCUT2D eigenvalue weighted by Crippen LogP contribution is 2.41. The van der Waals surface area contributed by atoms with Gasteiger partial charge in [-0.1, -0.05) is 33.6 Å². The maximum atomic E-state index is 6.05. The van der Waals surface area contributed by atoms with Gasteiger partial charge in [-0.15, -0.1) is 0 Å². The number of ether oxygens (including phenoxy) is 3. The number of fused-ring (bicyclic) bond motifs is 1. The molecule has 3 fully saturated rings. The van der Waals surface area contributed by atoms with E-state index in [-0.39, 0.29) is 0 Å². The Balaban J connectivity index is 0.000000269. The zero-order chi connectivity index (χ0) is 26.9. The lowest BCUT2D eigenvalue weighted by atomic mass is 9.88. The average molecular weight is 565 g/mol. The van der Waals surface area contributed by atoms with E-state index < -0.39 is 18.1 Å². The molecule has 2 aliphatic heterocycles. The maximum absolute atomic E-state index is 6.05. The van der Waals surface area contributed by atoms with Crippen molar-refractivity contribution in [3.63, 3.8) is 0 Å². The Morgan fingerprint density at radius 1 is 0.892 bits per heavy atom. The average Bonchev–Trinajstić information content (AvgIpc) is 3.85. The fourth-order valence-electron chi connectivity index (χ4n) is 4.77. The van der Waals surface area contributed by atoms with E-state index in [0.717, 1.165) is 77.1 Å². The summed E-state index contributed by atoms with van der Waals surface area (Å²) in [7, 11) is 1.16. The first-order valence-corrected chi connectivity index (χ1v) is 18.3. The Kier molecular flexibility index (Phi) is 17.3. The minimum Gasteiger partial charge on any atom is -0.396 e. The second-order valence-corrected chi connectivity index (χ2v) is 16.3. The highest BCUT2D eigenvalue weighted by Gasteiger charge is 2.45. The standard InChI is InChI=1S/C16H34O4Si.C11H22O4Si/c1-4-6-11-19-21(20-12-7-5-2)15(3)9-8-10-17-13-16-14-18-16;1-12-16(13-2,14-3)7-6-9-4-5-10-11(8-9)15-10/h15-16,21H,4-14H2,1-3H3;9-11H,4-8H2,1-3H3. The quantitative estimate of drug-likeness (QED) is 0.106. The van der Waals surface area contributed by atoms with Crippen LogP contribution in [0.4, 0.5) is 0 Å². The summed E-state index contributed by atoms with van der Waals surface area (Å²) in [4.78, 5) is 0. The molecule has 2 heterocycles. The van der Waals surface area contributed by atoms with Crippen molar-refractivity contribution in [2.45, 2.75) is 115 Å². The lowest BCUT2D eigenvalue weighted by molar-refractivity contribution is 0.111. The molecule has 0 spiro atoms. The van der Waals surface area contributed by atoms with Gasteiger partial charge in [-0.05, 0) is 62.8 Å². The van der Waals surface area contributed by atoms with Crippen molar-refractivity contribution in [3.8, 4) is 0 Å². The van der Waals surface area contributed by atoms with Gasteiger partial charge in [-0.25, -0.2) is 0 Å². The van der Waals surface area contributed by atoms with Gasteiger partial charge in [0.25, 0.3) is 0 Å². The van der Waals surface area contributed by atoms with Gasteiger partial charge in [-0.2, -0.15) is 0 Å². The van der Waals surface area contributed by atoms with Gasteiger partial charge in [0, 0.05) is 47.2 Å². The third kappa shape index (κ3) is 13.8. The van der Waals surface area contributed by atoms with Crippen LogP contribution in [-0.4, -0.2) is 90.8 Å². The Bertz CT molecular complexity index is 546. The van der Waals surface area contributed by atoms with E-state index in [1.54, 1.807) is 21.3 Å². The number of hydrogen-bond donors (Lipinski definition) is 0. The zero-order valence-electron chi connectivity index (χ0n) is 24.5. The molecule has 10 heteroatoms. The van der Waals surface area contributed by atoms with Crippen LogP contribution >= 0.6 is 0 Å². The Morgan fingerprint density at radius 2 is 1.54 bits per heavy atom. The third-order valence-electron chi connectivity index (χ3n) is 7.58. The summed E-state index contributed by atoms with van der Waals surface area (Å²) in [5.74, 6) is 0.760. The van der Waals surface area contributed by atoms with Crippen molar-refractivity contribution < 1.29 is 36.3 Å². The van der Waals surface area contributed by atoms with Crippen molar-refractivity contribution >= 4 is 18.1 Å². The number of epoxide rings is 2. The fraction of sp³-hybridized carbons (Fsp3) is 1.00. The predicted molar refractivity (Wildman–Crippen MR) is 150 cm³/mol. The highest BCUT2D eigenvalue weighted by molar-refractivity contribution is 6.60. The third-order valence-corrected chi connectivity index (χ3v) is 12.7. The monoisotopic (exact) mass is 564 g/mol. The van der Waals surface area contributed by atoms with Gasteiger partial charge < -0.3 is 36.3 Å². The Morgan fingerprint density at radius 3 is 2.08 bits per heavy atom. The lowest BCUT2D eigenvalue weighted by Gasteiger charge is -2.27. The van der Waals surface area contributed by atoms with Gasteiger partial charge in [0.2, 0.25) is 0 Å². The van der Waals surface area contributed by atoms with Crippen LogP contribution in [0.5, 0.6) is 0 Å². The van der Waals surface area contributed by atoms with E-state index >= 15 is 0 Å². The molecule has 5 unspecified atom stereocenters. The smallest absolute Gasteiger partial charge is 0.396 e.